The van der Waals surface area contributed by atoms with E-state index in [0.29, 0.717) is 11.3 Å². The van der Waals surface area contributed by atoms with E-state index in [-0.39, 0.29) is 11.9 Å². The highest BCUT2D eigenvalue weighted by molar-refractivity contribution is 5.97. The van der Waals surface area contributed by atoms with Crippen LogP contribution in [0.2, 0.25) is 0 Å². The third-order valence-electron chi connectivity index (χ3n) is 3.09. The number of amides is 1. The van der Waals surface area contributed by atoms with Crippen LogP contribution in [0.1, 0.15) is 35.8 Å². The molecule has 0 saturated heterocycles. The standard InChI is InChI=1S/C12H15N3O3/c1-7-10(5-13-6-14-7)11(16)15(9-3-4-9)8(2)12(17)18/h5-6,8-9H,3-4H2,1-2H3,(H,17,18). The van der Waals surface area contributed by atoms with Gasteiger partial charge in [0.25, 0.3) is 5.91 Å². The molecule has 1 atom stereocenters. The van der Waals surface area contributed by atoms with E-state index in [4.69, 9.17) is 5.11 Å². The van der Waals surface area contributed by atoms with Crippen molar-refractivity contribution < 1.29 is 14.7 Å². The first-order valence-corrected chi connectivity index (χ1v) is 5.84. The minimum absolute atomic E-state index is 0.0307. The van der Waals surface area contributed by atoms with Gasteiger partial charge in [0, 0.05) is 12.2 Å². The molecule has 2 rings (SSSR count). The summed E-state index contributed by atoms with van der Waals surface area (Å²) in [6.45, 7) is 3.24. The molecule has 96 valence electrons. The molecule has 1 aliphatic rings. The van der Waals surface area contributed by atoms with E-state index >= 15 is 0 Å². The fourth-order valence-electron chi connectivity index (χ4n) is 1.87. The second-order valence-corrected chi connectivity index (χ2v) is 4.48. The Balaban J connectivity index is 2.29. The van der Waals surface area contributed by atoms with Crippen LogP contribution in [0.3, 0.4) is 0 Å². The van der Waals surface area contributed by atoms with Crippen LogP contribution in [0.4, 0.5) is 0 Å². The lowest BCUT2D eigenvalue weighted by atomic mass is 10.1. The van der Waals surface area contributed by atoms with Gasteiger partial charge < -0.3 is 10.0 Å². The minimum atomic E-state index is -0.996. The Morgan fingerprint density at radius 1 is 1.50 bits per heavy atom. The monoisotopic (exact) mass is 249 g/mol. The quantitative estimate of drug-likeness (QED) is 0.855. The predicted octanol–water partition coefficient (Wildman–Crippen LogP) is 0.863. The number of hydrogen-bond donors (Lipinski definition) is 1. The number of nitrogens with zero attached hydrogens (tertiary/aromatic N) is 3. The van der Waals surface area contributed by atoms with Crippen LogP contribution in [0, 0.1) is 6.92 Å². The maximum absolute atomic E-state index is 12.4. The summed E-state index contributed by atoms with van der Waals surface area (Å²) in [4.78, 5) is 32.7. The molecule has 1 amide bonds. The molecule has 1 aliphatic carbocycles. The lowest BCUT2D eigenvalue weighted by Gasteiger charge is -2.26. The summed E-state index contributed by atoms with van der Waals surface area (Å²) >= 11 is 0. The number of carbonyl (C=O) groups excluding carboxylic acids is 1. The molecule has 1 saturated carbocycles. The molecule has 0 radical (unpaired) electrons. The van der Waals surface area contributed by atoms with E-state index in [0.717, 1.165) is 12.8 Å². The molecule has 0 bridgehead atoms. The number of aromatic nitrogens is 2. The van der Waals surface area contributed by atoms with Crippen LogP contribution in [0.15, 0.2) is 12.5 Å². The number of aryl methyl sites for hydroxylation is 1. The number of carboxylic acid groups (broad SMARTS) is 1. The molecule has 18 heavy (non-hydrogen) atoms. The largest absolute Gasteiger partial charge is 0.480 e. The van der Waals surface area contributed by atoms with Crippen molar-refractivity contribution in [2.24, 2.45) is 0 Å². The molecule has 0 aromatic carbocycles. The molecule has 1 N–H and O–H groups in total. The molecule has 1 heterocycles. The molecule has 0 spiro atoms. The average molecular weight is 249 g/mol. The van der Waals surface area contributed by atoms with Gasteiger partial charge in [-0.15, -0.1) is 0 Å². The van der Waals surface area contributed by atoms with Crippen molar-refractivity contribution in [3.63, 3.8) is 0 Å². The fourth-order valence-corrected chi connectivity index (χ4v) is 1.87. The zero-order valence-corrected chi connectivity index (χ0v) is 10.3. The lowest BCUT2D eigenvalue weighted by Crippen LogP contribution is -2.45. The van der Waals surface area contributed by atoms with Crippen molar-refractivity contribution in [3.05, 3.63) is 23.8 Å². The van der Waals surface area contributed by atoms with Crippen LogP contribution in [0.5, 0.6) is 0 Å². The highest BCUT2D eigenvalue weighted by atomic mass is 16.4. The molecule has 6 nitrogen and oxygen atoms in total. The van der Waals surface area contributed by atoms with Gasteiger partial charge in [-0.2, -0.15) is 0 Å². The fraction of sp³-hybridized carbons (Fsp3) is 0.500. The van der Waals surface area contributed by atoms with Crippen LogP contribution in [0.25, 0.3) is 0 Å². The number of carboxylic acids is 1. The SMILES string of the molecule is Cc1ncncc1C(=O)N(C1CC1)C(C)C(=O)O. The topological polar surface area (TPSA) is 83.4 Å². The Hall–Kier alpha value is -1.98. The number of aliphatic carboxylic acids is 1. The van der Waals surface area contributed by atoms with Gasteiger partial charge in [0.1, 0.15) is 12.4 Å². The van der Waals surface area contributed by atoms with Gasteiger partial charge in [-0.05, 0) is 26.7 Å². The highest BCUT2D eigenvalue weighted by Crippen LogP contribution is 2.30. The highest BCUT2D eigenvalue weighted by Gasteiger charge is 2.39. The van der Waals surface area contributed by atoms with Gasteiger partial charge in [0.2, 0.25) is 0 Å². The van der Waals surface area contributed by atoms with E-state index in [9.17, 15) is 9.59 Å². The summed E-state index contributed by atoms with van der Waals surface area (Å²) in [5.74, 6) is -1.30. The molecular weight excluding hydrogens is 234 g/mol. The van der Waals surface area contributed by atoms with Gasteiger partial charge in [-0.3, -0.25) is 4.79 Å². The van der Waals surface area contributed by atoms with Crippen LogP contribution in [-0.2, 0) is 4.79 Å². The van der Waals surface area contributed by atoms with Crippen LogP contribution < -0.4 is 0 Å². The van der Waals surface area contributed by atoms with Gasteiger partial charge >= 0.3 is 5.97 Å². The van der Waals surface area contributed by atoms with Crippen molar-refractivity contribution in [1.29, 1.82) is 0 Å². The summed E-state index contributed by atoms with van der Waals surface area (Å²) in [7, 11) is 0. The van der Waals surface area contributed by atoms with Crippen molar-refractivity contribution in [2.75, 3.05) is 0 Å². The van der Waals surface area contributed by atoms with Crippen molar-refractivity contribution in [3.8, 4) is 0 Å². The summed E-state index contributed by atoms with van der Waals surface area (Å²) in [6, 6.07) is -0.798. The lowest BCUT2D eigenvalue weighted by molar-refractivity contribution is -0.141. The van der Waals surface area contributed by atoms with E-state index in [1.807, 2.05) is 0 Å². The Labute approximate surface area is 105 Å². The normalized spacial score (nSPS) is 16.1. The molecule has 1 unspecified atom stereocenters. The number of hydrogen-bond acceptors (Lipinski definition) is 4. The Bertz CT molecular complexity index is 485. The molecule has 0 aliphatic heterocycles. The zero-order valence-electron chi connectivity index (χ0n) is 10.3. The van der Waals surface area contributed by atoms with Gasteiger partial charge in [0.05, 0.1) is 11.3 Å². The Kier molecular flexibility index (Phi) is 3.27. The van der Waals surface area contributed by atoms with E-state index in [2.05, 4.69) is 9.97 Å². The smallest absolute Gasteiger partial charge is 0.326 e. The summed E-state index contributed by atoms with van der Waals surface area (Å²) in [5, 5.41) is 9.07. The predicted molar refractivity (Wildman–Crippen MR) is 63.1 cm³/mol. The Morgan fingerprint density at radius 2 is 2.17 bits per heavy atom. The molecule has 1 aromatic heterocycles. The first-order valence-electron chi connectivity index (χ1n) is 5.84. The van der Waals surface area contributed by atoms with E-state index < -0.39 is 12.0 Å². The second-order valence-electron chi connectivity index (χ2n) is 4.48. The zero-order chi connectivity index (χ0) is 13.3. The molecule has 1 aromatic rings. The molecule has 1 fully saturated rings. The van der Waals surface area contributed by atoms with E-state index in [1.165, 1.54) is 24.3 Å². The van der Waals surface area contributed by atoms with Gasteiger partial charge in [0.15, 0.2) is 0 Å². The van der Waals surface area contributed by atoms with Crippen molar-refractivity contribution in [1.82, 2.24) is 14.9 Å². The summed E-state index contributed by atoms with van der Waals surface area (Å²) in [5.41, 5.74) is 0.940. The first kappa shape index (κ1) is 12.5. The van der Waals surface area contributed by atoms with Gasteiger partial charge in [-0.25, -0.2) is 14.8 Å². The molecule has 6 heteroatoms. The molecular formula is C12H15N3O3. The maximum Gasteiger partial charge on any atom is 0.326 e. The average Bonchev–Trinajstić information content (AvgIpc) is 3.14. The van der Waals surface area contributed by atoms with E-state index in [1.54, 1.807) is 6.92 Å². The van der Waals surface area contributed by atoms with Crippen LogP contribution in [-0.4, -0.2) is 43.9 Å². The third-order valence-corrected chi connectivity index (χ3v) is 3.09. The second kappa shape index (κ2) is 4.72. The minimum Gasteiger partial charge on any atom is -0.480 e. The van der Waals surface area contributed by atoms with Crippen molar-refractivity contribution >= 4 is 11.9 Å². The number of carbonyl (C=O) groups is 2. The van der Waals surface area contributed by atoms with Crippen molar-refractivity contribution in [2.45, 2.75) is 38.8 Å². The first-order chi connectivity index (χ1) is 8.52. The third kappa shape index (κ3) is 2.32. The summed E-state index contributed by atoms with van der Waals surface area (Å²) in [6.07, 6.45) is 4.52. The number of rotatable bonds is 4. The Morgan fingerprint density at radius 3 is 2.67 bits per heavy atom. The summed E-state index contributed by atoms with van der Waals surface area (Å²) < 4.78 is 0. The van der Waals surface area contributed by atoms with Crippen LogP contribution >= 0.6 is 0 Å². The van der Waals surface area contributed by atoms with Gasteiger partial charge in [-0.1, -0.05) is 0 Å². The maximum atomic E-state index is 12.4.